The number of halogens is 1. The first-order valence-corrected chi connectivity index (χ1v) is 7.68. The number of benzene rings is 1. The second-order valence-electron chi connectivity index (χ2n) is 6.12. The normalized spacial score (nSPS) is 12.5. The van der Waals surface area contributed by atoms with Crippen LogP contribution in [0.5, 0.6) is 0 Å². The van der Waals surface area contributed by atoms with Crippen molar-refractivity contribution in [2.24, 2.45) is 4.99 Å². The summed E-state index contributed by atoms with van der Waals surface area (Å²) in [5.74, 6) is 0. The first kappa shape index (κ1) is 16.7. The standard InChI is InChI=1S/C18H21ClN2O/c1-18(2,3)14-8-6-13(7-9-14)16(20-11-12-22)15-5-4-10-21-17(15)19/h4-10,22H,11-12H2,1-3H3/b20-16+. The third-order valence-electron chi connectivity index (χ3n) is 3.41. The van der Waals surface area contributed by atoms with Crippen LogP contribution in [0, 0.1) is 0 Å². The van der Waals surface area contributed by atoms with Gasteiger partial charge >= 0.3 is 0 Å². The van der Waals surface area contributed by atoms with Crippen LogP contribution in [-0.4, -0.2) is 29.0 Å². The quantitative estimate of drug-likeness (QED) is 0.687. The van der Waals surface area contributed by atoms with E-state index in [1.54, 1.807) is 6.20 Å². The number of aliphatic imine (C=N–C) groups is 1. The zero-order valence-corrected chi connectivity index (χ0v) is 13.9. The number of hydrogen-bond donors (Lipinski definition) is 1. The average Bonchev–Trinajstić information content (AvgIpc) is 2.49. The van der Waals surface area contributed by atoms with Gasteiger partial charge in [0.1, 0.15) is 5.15 Å². The molecular weight excluding hydrogens is 296 g/mol. The molecule has 0 unspecified atom stereocenters. The van der Waals surface area contributed by atoms with Crippen LogP contribution in [0.15, 0.2) is 47.6 Å². The zero-order valence-electron chi connectivity index (χ0n) is 13.2. The molecule has 22 heavy (non-hydrogen) atoms. The fourth-order valence-electron chi connectivity index (χ4n) is 2.18. The van der Waals surface area contributed by atoms with E-state index in [9.17, 15) is 0 Å². The van der Waals surface area contributed by atoms with E-state index >= 15 is 0 Å². The molecule has 1 aromatic carbocycles. The van der Waals surface area contributed by atoms with Gasteiger partial charge in [-0.05, 0) is 23.1 Å². The van der Waals surface area contributed by atoms with Crippen molar-refractivity contribution in [1.82, 2.24) is 4.98 Å². The smallest absolute Gasteiger partial charge is 0.138 e. The summed E-state index contributed by atoms with van der Waals surface area (Å²) in [4.78, 5) is 8.59. The summed E-state index contributed by atoms with van der Waals surface area (Å²) < 4.78 is 0. The lowest BCUT2D eigenvalue weighted by Gasteiger charge is -2.19. The molecule has 0 radical (unpaired) electrons. The molecule has 0 saturated carbocycles. The first-order valence-electron chi connectivity index (χ1n) is 7.30. The van der Waals surface area contributed by atoms with E-state index in [-0.39, 0.29) is 12.0 Å². The molecule has 0 aliphatic rings. The molecular formula is C18H21ClN2O. The van der Waals surface area contributed by atoms with Crippen molar-refractivity contribution in [2.75, 3.05) is 13.2 Å². The van der Waals surface area contributed by atoms with Crippen LogP contribution in [0.25, 0.3) is 0 Å². The molecule has 1 N–H and O–H groups in total. The molecule has 2 rings (SSSR count). The summed E-state index contributed by atoms with van der Waals surface area (Å²) in [6.45, 7) is 6.88. The number of aromatic nitrogens is 1. The van der Waals surface area contributed by atoms with Crippen LogP contribution < -0.4 is 0 Å². The Balaban J connectivity index is 2.45. The predicted molar refractivity (Wildman–Crippen MR) is 92.0 cm³/mol. The third kappa shape index (κ3) is 3.93. The van der Waals surface area contributed by atoms with Gasteiger partial charge in [0.05, 0.1) is 18.9 Å². The molecule has 0 atom stereocenters. The zero-order chi connectivity index (χ0) is 16.2. The Bertz CT molecular complexity index is 658. The number of pyridine rings is 1. The monoisotopic (exact) mass is 316 g/mol. The van der Waals surface area contributed by atoms with Gasteiger partial charge in [0.15, 0.2) is 0 Å². The Morgan fingerprint density at radius 3 is 2.41 bits per heavy atom. The van der Waals surface area contributed by atoms with Gasteiger partial charge in [-0.3, -0.25) is 4.99 Å². The van der Waals surface area contributed by atoms with Crippen molar-refractivity contribution in [3.05, 3.63) is 64.4 Å². The first-order chi connectivity index (χ1) is 10.4. The minimum atomic E-state index is 0.00144. The summed E-state index contributed by atoms with van der Waals surface area (Å²) in [5, 5.41) is 9.49. The van der Waals surface area contributed by atoms with Gasteiger partial charge in [-0.25, -0.2) is 4.98 Å². The Labute approximate surface area is 136 Å². The molecule has 116 valence electrons. The van der Waals surface area contributed by atoms with Gasteiger partial charge < -0.3 is 5.11 Å². The minimum Gasteiger partial charge on any atom is -0.394 e. The van der Waals surface area contributed by atoms with Crippen LogP contribution in [0.1, 0.15) is 37.5 Å². The Kier molecular flexibility index (Phi) is 5.33. The molecule has 2 aromatic rings. The van der Waals surface area contributed by atoms with Crippen molar-refractivity contribution >= 4 is 17.3 Å². The lowest BCUT2D eigenvalue weighted by atomic mass is 9.86. The van der Waals surface area contributed by atoms with Crippen molar-refractivity contribution < 1.29 is 5.11 Å². The third-order valence-corrected chi connectivity index (χ3v) is 3.71. The summed E-state index contributed by atoms with van der Waals surface area (Å²) in [6, 6.07) is 12.0. The summed E-state index contributed by atoms with van der Waals surface area (Å²) in [5.41, 5.74) is 3.87. The van der Waals surface area contributed by atoms with E-state index in [0.717, 1.165) is 16.8 Å². The van der Waals surface area contributed by atoms with Crippen LogP contribution >= 0.6 is 11.6 Å². The van der Waals surface area contributed by atoms with Crippen LogP contribution in [-0.2, 0) is 5.41 Å². The Hall–Kier alpha value is -1.71. The fourth-order valence-corrected chi connectivity index (χ4v) is 2.39. The molecule has 1 aromatic heterocycles. The van der Waals surface area contributed by atoms with Crippen molar-refractivity contribution in [1.29, 1.82) is 0 Å². The Morgan fingerprint density at radius 2 is 1.86 bits per heavy atom. The molecule has 0 amide bonds. The molecule has 0 aliphatic carbocycles. The second kappa shape index (κ2) is 7.03. The van der Waals surface area contributed by atoms with E-state index in [2.05, 4.69) is 42.9 Å². The molecule has 0 spiro atoms. The van der Waals surface area contributed by atoms with Crippen molar-refractivity contribution in [3.63, 3.8) is 0 Å². The van der Waals surface area contributed by atoms with E-state index in [4.69, 9.17) is 16.7 Å². The summed E-state index contributed by atoms with van der Waals surface area (Å²) >= 11 is 6.20. The largest absolute Gasteiger partial charge is 0.394 e. The van der Waals surface area contributed by atoms with Crippen LogP contribution in [0.2, 0.25) is 5.15 Å². The Morgan fingerprint density at radius 1 is 1.18 bits per heavy atom. The maximum atomic E-state index is 9.07. The van der Waals surface area contributed by atoms with Gasteiger partial charge in [-0.2, -0.15) is 0 Å². The van der Waals surface area contributed by atoms with Crippen LogP contribution in [0.3, 0.4) is 0 Å². The molecule has 0 aliphatic heterocycles. The SMILES string of the molecule is CC(C)(C)c1ccc(/C(=N\CCO)c2cccnc2Cl)cc1. The lowest BCUT2D eigenvalue weighted by molar-refractivity contribution is 0.307. The average molecular weight is 317 g/mol. The highest BCUT2D eigenvalue weighted by molar-refractivity contribution is 6.34. The van der Waals surface area contributed by atoms with Gasteiger partial charge in [0, 0.05) is 17.3 Å². The number of aliphatic hydroxyl groups excluding tert-OH is 1. The van der Waals surface area contributed by atoms with Crippen molar-refractivity contribution in [3.8, 4) is 0 Å². The summed E-state index contributed by atoms with van der Waals surface area (Å²) in [6.07, 6.45) is 1.65. The molecule has 3 nitrogen and oxygen atoms in total. The van der Waals surface area contributed by atoms with Crippen LogP contribution in [0.4, 0.5) is 0 Å². The van der Waals surface area contributed by atoms with E-state index < -0.39 is 0 Å². The molecule has 0 fully saturated rings. The second-order valence-corrected chi connectivity index (χ2v) is 6.48. The van der Waals surface area contributed by atoms with Gasteiger partial charge in [-0.1, -0.05) is 56.6 Å². The molecule has 0 bridgehead atoms. The number of rotatable bonds is 4. The molecule has 4 heteroatoms. The summed E-state index contributed by atoms with van der Waals surface area (Å²) in [7, 11) is 0. The van der Waals surface area contributed by atoms with Gasteiger partial charge in [0.25, 0.3) is 0 Å². The topological polar surface area (TPSA) is 45.5 Å². The van der Waals surface area contributed by atoms with Gasteiger partial charge in [-0.15, -0.1) is 0 Å². The maximum Gasteiger partial charge on any atom is 0.138 e. The number of aliphatic hydroxyl groups is 1. The minimum absolute atomic E-state index is 0.00144. The maximum absolute atomic E-state index is 9.07. The lowest BCUT2D eigenvalue weighted by Crippen LogP contribution is -2.12. The van der Waals surface area contributed by atoms with Gasteiger partial charge in [0.2, 0.25) is 0 Å². The fraction of sp³-hybridized carbons (Fsp3) is 0.333. The number of nitrogens with zero attached hydrogens (tertiary/aromatic N) is 2. The highest BCUT2D eigenvalue weighted by Gasteiger charge is 2.15. The number of hydrogen-bond acceptors (Lipinski definition) is 3. The molecule has 1 heterocycles. The van der Waals surface area contributed by atoms with E-state index in [0.29, 0.717) is 11.7 Å². The highest BCUT2D eigenvalue weighted by Crippen LogP contribution is 2.24. The van der Waals surface area contributed by atoms with Crippen molar-refractivity contribution in [2.45, 2.75) is 26.2 Å². The highest BCUT2D eigenvalue weighted by atomic mass is 35.5. The predicted octanol–water partition coefficient (Wildman–Crippen LogP) is 3.86. The van der Waals surface area contributed by atoms with E-state index in [1.165, 1.54) is 5.56 Å². The molecule has 0 saturated heterocycles. The van der Waals surface area contributed by atoms with E-state index in [1.807, 2.05) is 24.3 Å².